The van der Waals surface area contributed by atoms with Crippen molar-refractivity contribution in [2.45, 2.75) is 31.9 Å². The van der Waals surface area contributed by atoms with Crippen molar-refractivity contribution in [2.24, 2.45) is 5.92 Å². The number of aliphatic hydroxyl groups excluding tert-OH is 1. The molecule has 0 saturated carbocycles. The zero-order chi connectivity index (χ0) is 15.8. The number of hydrogen-bond acceptors (Lipinski definition) is 4. The molecule has 1 amide bonds. The molecule has 4 N–H and O–H groups in total. The van der Waals surface area contributed by atoms with Gasteiger partial charge in [-0.3, -0.25) is 4.79 Å². The summed E-state index contributed by atoms with van der Waals surface area (Å²) in [7, 11) is 0. The van der Waals surface area contributed by atoms with E-state index >= 15 is 0 Å². The van der Waals surface area contributed by atoms with E-state index in [0.29, 0.717) is 19.5 Å². The lowest BCUT2D eigenvalue weighted by Crippen LogP contribution is -2.39. The minimum Gasteiger partial charge on any atom is -0.391 e. The highest BCUT2D eigenvalue weighted by molar-refractivity contribution is 5.76. The molecule has 0 aliphatic carbocycles. The highest BCUT2D eigenvalue weighted by atomic mass is 16.3. The minimum atomic E-state index is -0.278. The topological polar surface area (TPSA) is 73.4 Å². The van der Waals surface area contributed by atoms with Crippen molar-refractivity contribution in [1.82, 2.24) is 16.0 Å². The van der Waals surface area contributed by atoms with Crippen LogP contribution >= 0.6 is 0 Å². The highest BCUT2D eigenvalue weighted by Gasteiger charge is 2.24. The summed E-state index contributed by atoms with van der Waals surface area (Å²) in [4.78, 5) is 11.9. The Labute approximate surface area is 132 Å². The molecule has 22 heavy (non-hydrogen) atoms. The van der Waals surface area contributed by atoms with E-state index in [4.69, 9.17) is 0 Å². The lowest BCUT2D eigenvalue weighted by Gasteiger charge is -2.18. The van der Waals surface area contributed by atoms with E-state index in [1.54, 1.807) is 0 Å². The number of benzene rings is 1. The zero-order valence-corrected chi connectivity index (χ0v) is 13.2. The Morgan fingerprint density at radius 1 is 1.36 bits per heavy atom. The molecule has 1 fully saturated rings. The summed E-state index contributed by atoms with van der Waals surface area (Å²) in [6.45, 7) is 4.92. The van der Waals surface area contributed by atoms with Crippen LogP contribution in [0.1, 0.15) is 18.9 Å². The molecule has 1 aromatic rings. The molecular formula is C17H27N3O2. The summed E-state index contributed by atoms with van der Waals surface area (Å²) in [5, 5.41) is 19.2. The van der Waals surface area contributed by atoms with Crippen molar-refractivity contribution >= 4 is 5.91 Å². The number of β-amino-alcohol motifs (C(OH)–C–C–N with tert-alkyl or cyclic N) is 1. The Hall–Kier alpha value is -1.43. The van der Waals surface area contributed by atoms with Crippen LogP contribution in [0.15, 0.2) is 30.3 Å². The molecule has 2 rings (SSSR count). The SMILES string of the molecule is CC(CC(=O)NCCc1ccccc1)NCC1CNCC1O. The van der Waals surface area contributed by atoms with Gasteiger partial charge in [-0.2, -0.15) is 0 Å². The lowest BCUT2D eigenvalue weighted by atomic mass is 10.1. The summed E-state index contributed by atoms with van der Waals surface area (Å²) in [6.07, 6.45) is 1.04. The van der Waals surface area contributed by atoms with Crippen LogP contribution in [0.25, 0.3) is 0 Å². The second-order valence-corrected chi connectivity index (χ2v) is 6.08. The quantitative estimate of drug-likeness (QED) is 0.557. The first-order chi connectivity index (χ1) is 10.6. The Balaban J connectivity index is 1.58. The van der Waals surface area contributed by atoms with E-state index in [1.165, 1.54) is 5.56 Å². The molecule has 1 heterocycles. The molecule has 0 spiro atoms. The largest absolute Gasteiger partial charge is 0.391 e. The monoisotopic (exact) mass is 305 g/mol. The molecule has 0 radical (unpaired) electrons. The predicted molar refractivity (Wildman–Crippen MR) is 87.6 cm³/mol. The van der Waals surface area contributed by atoms with Gasteiger partial charge in [-0.05, 0) is 18.9 Å². The van der Waals surface area contributed by atoms with Crippen LogP contribution < -0.4 is 16.0 Å². The molecule has 0 aromatic heterocycles. The van der Waals surface area contributed by atoms with Crippen LogP contribution in [0.3, 0.4) is 0 Å². The second kappa shape index (κ2) is 8.88. The maximum atomic E-state index is 11.9. The number of rotatable bonds is 8. The lowest BCUT2D eigenvalue weighted by molar-refractivity contribution is -0.121. The van der Waals surface area contributed by atoms with Gasteiger partial charge in [0, 0.05) is 44.6 Å². The third-order valence-electron chi connectivity index (χ3n) is 4.10. The van der Waals surface area contributed by atoms with E-state index in [9.17, 15) is 9.90 Å². The fourth-order valence-corrected chi connectivity index (χ4v) is 2.69. The maximum Gasteiger partial charge on any atom is 0.221 e. The standard InChI is InChI=1S/C17H27N3O2/c1-13(20-11-15-10-18-12-16(15)21)9-17(22)19-8-7-14-5-3-2-4-6-14/h2-6,13,15-16,18,20-21H,7-12H2,1H3,(H,19,22). The van der Waals surface area contributed by atoms with Crippen LogP contribution in [0.5, 0.6) is 0 Å². The van der Waals surface area contributed by atoms with E-state index in [0.717, 1.165) is 19.5 Å². The maximum absolute atomic E-state index is 11.9. The second-order valence-electron chi connectivity index (χ2n) is 6.08. The smallest absolute Gasteiger partial charge is 0.221 e. The summed E-state index contributed by atoms with van der Waals surface area (Å²) in [6, 6.07) is 10.3. The van der Waals surface area contributed by atoms with Gasteiger partial charge in [0.25, 0.3) is 0 Å². The third-order valence-corrected chi connectivity index (χ3v) is 4.10. The average Bonchev–Trinajstić information content (AvgIpc) is 2.91. The normalized spacial score (nSPS) is 22.5. The van der Waals surface area contributed by atoms with Crippen molar-refractivity contribution in [3.8, 4) is 0 Å². The van der Waals surface area contributed by atoms with Gasteiger partial charge in [-0.15, -0.1) is 0 Å². The van der Waals surface area contributed by atoms with E-state index in [-0.39, 0.29) is 24.0 Å². The zero-order valence-electron chi connectivity index (χ0n) is 13.2. The van der Waals surface area contributed by atoms with Crippen molar-refractivity contribution in [1.29, 1.82) is 0 Å². The molecule has 5 heteroatoms. The molecule has 5 nitrogen and oxygen atoms in total. The number of hydrogen-bond donors (Lipinski definition) is 4. The number of carbonyl (C=O) groups excluding carboxylic acids is 1. The molecule has 0 bridgehead atoms. The molecule has 1 aliphatic rings. The predicted octanol–water partition coefficient (Wildman–Crippen LogP) is 0.294. The Morgan fingerprint density at radius 2 is 2.14 bits per heavy atom. The van der Waals surface area contributed by atoms with E-state index in [2.05, 4.69) is 28.1 Å². The van der Waals surface area contributed by atoms with E-state index < -0.39 is 0 Å². The number of aliphatic hydroxyl groups is 1. The Kier molecular flexibility index (Phi) is 6.83. The van der Waals surface area contributed by atoms with Crippen molar-refractivity contribution in [2.75, 3.05) is 26.2 Å². The molecule has 122 valence electrons. The summed E-state index contributed by atoms with van der Waals surface area (Å²) in [5.41, 5.74) is 1.23. The van der Waals surface area contributed by atoms with Gasteiger partial charge in [0.1, 0.15) is 0 Å². The Morgan fingerprint density at radius 3 is 2.82 bits per heavy atom. The van der Waals surface area contributed by atoms with E-state index in [1.807, 2.05) is 25.1 Å². The van der Waals surface area contributed by atoms with Crippen LogP contribution in [-0.4, -0.2) is 49.3 Å². The van der Waals surface area contributed by atoms with Crippen molar-refractivity contribution in [3.05, 3.63) is 35.9 Å². The highest BCUT2D eigenvalue weighted by Crippen LogP contribution is 2.07. The van der Waals surface area contributed by atoms with Gasteiger partial charge in [0.15, 0.2) is 0 Å². The summed E-state index contributed by atoms with van der Waals surface area (Å²) >= 11 is 0. The van der Waals surface area contributed by atoms with Crippen molar-refractivity contribution < 1.29 is 9.90 Å². The van der Waals surface area contributed by atoms with Gasteiger partial charge >= 0.3 is 0 Å². The van der Waals surface area contributed by atoms with Gasteiger partial charge in [0.2, 0.25) is 5.91 Å². The number of amides is 1. The number of carbonyl (C=O) groups is 1. The third kappa shape index (κ3) is 5.75. The minimum absolute atomic E-state index is 0.0704. The van der Waals surface area contributed by atoms with Gasteiger partial charge in [-0.1, -0.05) is 30.3 Å². The van der Waals surface area contributed by atoms with Gasteiger partial charge < -0.3 is 21.1 Å². The molecule has 1 aliphatic heterocycles. The summed E-state index contributed by atoms with van der Waals surface area (Å²) < 4.78 is 0. The fraction of sp³-hybridized carbons (Fsp3) is 0.588. The number of nitrogens with one attached hydrogen (secondary N) is 3. The van der Waals surface area contributed by atoms with Gasteiger partial charge in [0.05, 0.1) is 6.10 Å². The fourth-order valence-electron chi connectivity index (χ4n) is 2.69. The average molecular weight is 305 g/mol. The first kappa shape index (κ1) is 16.9. The first-order valence-electron chi connectivity index (χ1n) is 8.08. The first-order valence-corrected chi connectivity index (χ1v) is 8.08. The molecule has 3 atom stereocenters. The van der Waals surface area contributed by atoms with Crippen LogP contribution in [0.4, 0.5) is 0 Å². The molecule has 1 saturated heterocycles. The molecular weight excluding hydrogens is 278 g/mol. The Bertz CT molecular complexity index is 452. The molecule has 3 unspecified atom stereocenters. The van der Waals surface area contributed by atoms with Crippen molar-refractivity contribution in [3.63, 3.8) is 0 Å². The van der Waals surface area contributed by atoms with Crippen LogP contribution in [0.2, 0.25) is 0 Å². The van der Waals surface area contributed by atoms with Crippen LogP contribution in [0, 0.1) is 5.92 Å². The van der Waals surface area contributed by atoms with Crippen LogP contribution in [-0.2, 0) is 11.2 Å². The molecule has 1 aromatic carbocycles. The van der Waals surface area contributed by atoms with Gasteiger partial charge in [-0.25, -0.2) is 0 Å². The summed E-state index contributed by atoms with van der Waals surface area (Å²) in [5.74, 6) is 0.310.